The van der Waals surface area contributed by atoms with Gasteiger partial charge in [0.2, 0.25) is 0 Å². The maximum atomic E-state index is 4.36. The van der Waals surface area contributed by atoms with Crippen LogP contribution in [0.4, 0.5) is 0 Å². The van der Waals surface area contributed by atoms with Crippen molar-refractivity contribution in [1.29, 1.82) is 0 Å². The van der Waals surface area contributed by atoms with Gasteiger partial charge >= 0.3 is 0 Å². The highest BCUT2D eigenvalue weighted by Crippen LogP contribution is 2.31. The molecular weight excluding hydrogens is 282 g/mol. The van der Waals surface area contributed by atoms with Crippen LogP contribution in [0.5, 0.6) is 0 Å². The van der Waals surface area contributed by atoms with Gasteiger partial charge in [0, 0.05) is 24.6 Å². The van der Waals surface area contributed by atoms with Crippen LogP contribution in [0.2, 0.25) is 0 Å². The van der Waals surface area contributed by atoms with Gasteiger partial charge in [-0.15, -0.1) is 0 Å². The van der Waals surface area contributed by atoms with Crippen LogP contribution < -0.4 is 10.6 Å². The molecule has 2 N–H and O–H groups in total. The number of hydrogen-bond acceptors (Lipinski definition) is 5. The third kappa shape index (κ3) is 2.04. The molecule has 0 spiro atoms. The summed E-state index contributed by atoms with van der Waals surface area (Å²) >= 11 is 3.59. The zero-order chi connectivity index (χ0) is 11.7. The van der Waals surface area contributed by atoms with E-state index in [2.05, 4.69) is 41.5 Å². The summed E-state index contributed by atoms with van der Waals surface area (Å²) in [5.41, 5.74) is 3.09. The van der Waals surface area contributed by atoms with Crippen molar-refractivity contribution in [1.82, 2.24) is 20.6 Å². The molecule has 17 heavy (non-hydrogen) atoms. The SMILES string of the molecule is BrC1=C(NC2=NCCN2)CCc2nccnc21. The molecule has 3 rings (SSSR count). The highest BCUT2D eigenvalue weighted by atomic mass is 79.9. The number of aromatic nitrogens is 2. The molecule has 0 unspecified atom stereocenters. The quantitative estimate of drug-likeness (QED) is 0.812. The molecule has 1 aromatic rings. The molecule has 0 aromatic carbocycles. The van der Waals surface area contributed by atoms with Gasteiger partial charge < -0.3 is 10.6 Å². The molecule has 2 heterocycles. The zero-order valence-electron chi connectivity index (χ0n) is 9.20. The number of halogens is 1. The number of aliphatic imine (C=N–C) groups is 1. The monoisotopic (exact) mass is 293 g/mol. The molecule has 0 bridgehead atoms. The fourth-order valence-corrected chi connectivity index (χ4v) is 2.60. The summed E-state index contributed by atoms with van der Waals surface area (Å²) in [4.78, 5) is 13.0. The molecular formula is C11H12BrN5. The summed E-state index contributed by atoms with van der Waals surface area (Å²) in [5.74, 6) is 0.851. The first kappa shape index (κ1) is 10.7. The van der Waals surface area contributed by atoms with Gasteiger partial charge in [-0.25, -0.2) is 0 Å². The van der Waals surface area contributed by atoms with Gasteiger partial charge in [-0.05, 0) is 28.8 Å². The topological polar surface area (TPSA) is 62.2 Å². The van der Waals surface area contributed by atoms with E-state index in [-0.39, 0.29) is 0 Å². The highest BCUT2D eigenvalue weighted by Gasteiger charge is 2.20. The van der Waals surface area contributed by atoms with Crippen LogP contribution >= 0.6 is 15.9 Å². The van der Waals surface area contributed by atoms with Crippen molar-refractivity contribution in [3.05, 3.63) is 29.5 Å². The van der Waals surface area contributed by atoms with E-state index in [1.54, 1.807) is 12.4 Å². The Morgan fingerprint density at radius 3 is 2.94 bits per heavy atom. The number of aryl methyl sites for hydroxylation is 1. The van der Waals surface area contributed by atoms with E-state index in [4.69, 9.17) is 0 Å². The summed E-state index contributed by atoms with van der Waals surface area (Å²) < 4.78 is 0.989. The number of hydrogen-bond donors (Lipinski definition) is 2. The normalized spacial score (nSPS) is 18.5. The molecule has 0 amide bonds. The number of nitrogens with zero attached hydrogens (tertiary/aromatic N) is 3. The van der Waals surface area contributed by atoms with Gasteiger partial charge in [0.1, 0.15) is 5.69 Å². The molecule has 1 aliphatic carbocycles. The highest BCUT2D eigenvalue weighted by molar-refractivity contribution is 9.15. The summed E-state index contributed by atoms with van der Waals surface area (Å²) in [5, 5.41) is 6.51. The second-order valence-corrected chi connectivity index (χ2v) is 4.72. The van der Waals surface area contributed by atoms with Gasteiger partial charge in [0.25, 0.3) is 0 Å². The van der Waals surface area contributed by atoms with E-state index in [0.29, 0.717) is 0 Å². The second kappa shape index (κ2) is 4.44. The summed E-state index contributed by atoms with van der Waals surface area (Å²) in [6, 6.07) is 0. The van der Waals surface area contributed by atoms with Gasteiger partial charge in [0.05, 0.1) is 16.7 Å². The minimum atomic E-state index is 0.837. The number of guanidine groups is 1. The average molecular weight is 294 g/mol. The van der Waals surface area contributed by atoms with E-state index in [1.165, 1.54) is 0 Å². The maximum Gasteiger partial charge on any atom is 0.195 e. The molecule has 6 heteroatoms. The van der Waals surface area contributed by atoms with Crippen molar-refractivity contribution in [2.24, 2.45) is 4.99 Å². The lowest BCUT2D eigenvalue weighted by molar-refractivity contribution is 0.817. The third-order valence-corrected chi connectivity index (χ3v) is 3.66. The number of rotatable bonds is 1. The Bertz CT molecular complexity index is 508. The van der Waals surface area contributed by atoms with E-state index < -0.39 is 0 Å². The molecule has 0 saturated carbocycles. The van der Waals surface area contributed by atoms with Crippen LogP contribution in [-0.4, -0.2) is 29.0 Å². The predicted octanol–water partition coefficient (Wildman–Crippen LogP) is 1.04. The Hall–Kier alpha value is -1.43. The second-order valence-electron chi connectivity index (χ2n) is 3.93. The Labute approximate surface area is 108 Å². The van der Waals surface area contributed by atoms with E-state index >= 15 is 0 Å². The fraction of sp³-hybridized carbons (Fsp3) is 0.364. The Morgan fingerprint density at radius 2 is 2.12 bits per heavy atom. The first-order chi connectivity index (χ1) is 8.34. The number of fused-ring (bicyclic) bond motifs is 1. The lowest BCUT2D eigenvalue weighted by Gasteiger charge is -2.19. The molecule has 1 aromatic heterocycles. The molecule has 0 saturated heterocycles. The molecule has 0 fully saturated rings. The Morgan fingerprint density at radius 1 is 1.24 bits per heavy atom. The maximum absolute atomic E-state index is 4.36. The van der Waals surface area contributed by atoms with Gasteiger partial charge in [-0.2, -0.15) is 0 Å². The van der Waals surface area contributed by atoms with Crippen molar-refractivity contribution >= 4 is 26.4 Å². The molecule has 88 valence electrons. The molecule has 2 aliphatic rings. The lowest BCUT2D eigenvalue weighted by Crippen LogP contribution is -2.34. The van der Waals surface area contributed by atoms with E-state index in [1.807, 2.05) is 0 Å². The van der Waals surface area contributed by atoms with Crippen LogP contribution in [0.15, 0.2) is 23.1 Å². The standard InChI is InChI=1S/C11H12BrN5/c12-9-7(17-11-15-5-6-16-11)1-2-8-10(9)14-4-3-13-8/h3-4H,1-2,5-6H2,(H2,15,16,17). The molecule has 5 nitrogen and oxygen atoms in total. The summed E-state index contributed by atoms with van der Waals surface area (Å²) in [6.45, 7) is 1.74. The van der Waals surface area contributed by atoms with Gasteiger partial charge in [-0.3, -0.25) is 15.0 Å². The Kier molecular flexibility index (Phi) is 2.80. The fourth-order valence-electron chi connectivity index (χ4n) is 1.97. The number of nitrogens with one attached hydrogen (secondary N) is 2. The Balaban J connectivity index is 1.90. The third-order valence-electron chi connectivity index (χ3n) is 2.80. The van der Waals surface area contributed by atoms with Crippen molar-refractivity contribution in [3.8, 4) is 0 Å². The van der Waals surface area contributed by atoms with Crippen LogP contribution in [0, 0.1) is 0 Å². The molecule has 0 radical (unpaired) electrons. The van der Waals surface area contributed by atoms with Crippen LogP contribution in [0.25, 0.3) is 4.48 Å². The summed E-state index contributed by atoms with van der Waals surface area (Å²) in [6.07, 6.45) is 5.29. The first-order valence-corrected chi connectivity index (χ1v) is 6.38. The lowest BCUT2D eigenvalue weighted by atomic mass is 10.0. The van der Waals surface area contributed by atoms with Crippen molar-refractivity contribution in [3.63, 3.8) is 0 Å². The van der Waals surface area contributed by atoms with E-state index in [0.717, 1.165) is 53.5 Å². The average Bonchev–Trinajstić information content (AvgIpc) is 2.86. The zero-order valence-corrected chi connectivity index (χ0v) is 10.8. The first-order valence-electron chi connectivity index (χ1n) is 5.59. The molecule has 0 atom stereocenters. The minimum Gasteiger partial charge on any atom is -0.354 e. The van der Waals surface area contributed by atoms with Gasteiger partial charge in [0.15, 0.2) is 5.96 Å². The van der Waals surface area contributed by atoms with Crippen LogP contribution in [-0.2, 0) is 6.42 Å². The van der Waals surface area contributed by atoms with Crippen LogP contribution in [0.1, 0.15) is 17.8 Å². The summed E-state index contributed by atoms with van der Waals surface area (Å²) in [7, 11) is 0. The number of allylic oxidation sites excluding steroid dienone is 1. The van der Waals surface area contributed by atoms with Gasteiger partial charge in [-0.1, -0.05) is 0 Å². The smallest absolute Gasteiger partial charge is 0.195 e. The molecule has 1 aliphatic heterocycles. The largest absolute Gasteiger partial charge is 0.354 e. The predicted molar refractivity (Wildman–Crippen MR) is 69.6 cm³/mol. The van der Waals surface area contributed by atoms with Crippen molar-refractivity contribution in [2.75, 3.05) is 13.1 Å². The minimum absolute atomic E-state index is 0.837. The van der Waals surface area contributed by atoms with Crippen molar-refractivity contribution < 1.29 is 0 Å². The van der Waals surface area contributed by atoms with Crippen LogP contribution in [0.3, 0.4) is 0 Å². The van der Waals surface area contributed by atoms with Crippen molar-refractivity contribution in [2.45, 2.75) is 12.8 Å². The van der Waals surface area contributed by atoms with E-state index in [9.17, 15) is 0 Å².